The molecule has 0 unspecified atom stereocenters. The molecule has 1 aliphatic rings. The van der Waals surface area contributed by atoms with Crippen molar-refractivity contribution in [2.24, 2.45) is 0 Å². The van der Waals surface area contributed by atoms with E-state index < -0.39 is 0 Å². The fraction of sp³-hybridized carbons (Fsp3) is 0.360. The summed E-state index contributed by atoms with van der Waals surface area (Å²) in [5.74, 6) is 0.911. The monoisotopic (exact) mass is 436 g/mol. The van der Waals surface area contributed by atoms with E-state index in [1.54, 1.807) is 36.3 Å². The lowest BCUT2D eigenvalue weighted by molar-refractivity contribution is -0.134. The fourth-order valence-corrected chi connectivity index (χ4v) is 4.02. The largest absolute Gasteiger partial charge is 0.497 e. The van der Waals surface area contributed by atoms with Gasteiger partial charge in [0, 0.05) is 31.7 Å². The Morgan fingerprint density at radius 1 is 1.06 bits per heavy atom. The molecule has 0 aliphatic carbocycles. The predicted octanol–water partition coefficient (Wildman–Crippen LogP) is 3.24. The quantitative estimate of drug-likeness (QED) is 0.612. The first-order chi connectivity index (χ1) is 15.4. The number of carbonyl (C=O) groups is 1. The molecule has 0 bridgehead atoms. The highest BCUT2D eigenvalue weighted by molar-refractivity contribution is 5.86. The number of aryl methyl sites for hydroxylation is 2. The molecule has 1 aliphatic heterocycles. The lowest BCUT2D eigenvalue weighted by Gasteiger charge is -2.32. The van der Waals surface area contributed by atoms with E-state index in [0.29, 0.717) is 41.1 Å². The number of carbonyl (C=O) groups excluding carboxylic acids is 1. The molecule has 32 heavy (non-hydrogen) atoms. The summed E-state index contributed by atoms with van der Waals surface area (Å²) in [6.45, 7) is 6.55. The van der Waals surface area contributed by atoms with Crippen molar-refractivity contribution in [2.45, 2.75) is 13.8 Å². The second kappa shape index (κ2) is 9.04. The molecule has 1 aromatic heterocycles. The van der Waals surface area contributed by atoms with Crippen LogP contribution in [-0.4, -0.2) is 62.7 Å². The summed E-state index contributed by atoms with van der Waals surface area (Å²) in [5.41, 5.74) is 2.70. The number of methoxy groups -OCH3 is 1. The van der Waals surface area contributed by atoms with Gasteiger partial charge >= 0.3 is 0 Å². The summed E-state index contributed by atoms with van der Waals surface area (Å²) in [4.78, 5) is 30.1. The summed E-state index contributed by atoms with van der Waals surface area (Å²) in [6, 6.07) is 11.0. The number of likely N-dealkylation sites (N-methyl/N-ethyl adjacent to an activating group) is 1. The first kappa shape index (κ1) is 21.9. The molecule has 7 heteroatoms. The van der Waals surface area contributed by atoms with E-state index >= 15 is 0 Å². The van der Waals surface area contributed by atoms with Crippen LogP contribution in [0.2, 0.25) is 0 Å². The third-order valence-electron chi connectivity index (χ3n) is 5.84. The van der Waals surface area contributed by atoms with E-state index in [1.807, 2.05) is 33.0 Å². The average Bonchev–Trinajstić information content (AvgIpc) is 2.78. The van der Waals surface area contributed by atoms with Crippen LogP contribution in [0.25, 0.3) is 22.3 Å². The zero-order valence-electron chi connectivity index (χ0n) is 18.9. The Morgan fingerprint density at radius 3 is 2.41 bits per heavy atom. The van der Waals surface area contributed by atoms with Crippen molar-refractivity contribution in [3.63, 3.8) is 0 Å². The first-order valence-corrected chi connectivity index (χ1v) is 10.7. The molecule has 7 nitrogen and oxygen atoms in total. The van der Waals surface area contributed by atoms with Crippen molar-refractivity contribution in [3.05, 3.63) is 57.7 Å². The molecular weight excluding hydrogens is 408 g/mol. The van der Waals surface area contributed by atoms with Crippen molar-refractivity contribution < 1.29 is 18.7 Å². The van der Waals surface area contributed by atoms with Crippen LogP contribution in [-0.2, 0) is 4.79 Å². The van der Waals surface area contributed by atoms with E-state index in [1.165, 1.54) is 0 Å². The standard InChI is InChI=1S/C25H28N2O5/c1-16-13-17(2)22-20(14-16)32-24(18-5-7-19(30-4)8-6-18)25(23(22)29)31-15-21(28)27-11-9-26(3)10-12-27/h5-8,13-14H,9-12,15H2,1-4H3. The Bertz CT molecular complexity index is 1190. The van der Waals surface area contributed by atoms with Gasteiger partial charge in [-0.15, -0.1) is 0 Å². The highest BCUT2D eigenvalue weighted by Crippen LogP contribution is 2.33. The summed E-state index contributed by atoms with van der Waals surface area (Å²) < 4.78 is 17.3. The van der Waals surface area contributed by atoms with Crippen LogP contribution in [0.15, 0.2) is 45.6 Å². The lowest BCUT2D eigenvalue weighted by atomic mass is 10.0. The van der Waals surface area contributed by atoms with Crippen molar-refractivity contribution >= 4 is 16.9 Å². The van der Waals surface area contributed by atoms with Gasteiger partial charge < -0.3 is 23.7 Å². The molecule has 3 aromatic rings. The summed E-state index contributed by atoms with van der Waals surface area (Å²) in [7, 11) is 3.62. The minimum absolute atomic E-state index is 0.0529. The van der Waals surface area contributed by atoms with Crippen LogP contribution in [0, 0.1) is 13.8 Å². The number of benzene rings is 2. The Kier molecular flexibility index (Phi) is 6.19. The molecule has 0 saturated carbocycles. The summed E-state index contributed by atoms with van der Waals surface area (Å²) in [5, 5.41) is 0.468. The predicted molar refractivity (Wildman–Crippen MR) is 124 cm³/mol. The minimum atomic E-state index is -0.277. The highest BCUT2D eigenvalue weighted by atomic mass is 16.5. The Balaban J connectivity index is 1.74. The van der Waals surface area contributed by atoms with Gasteiger partial charge in [0.05, 0.1) is 12.5 Å². The van der Waals surface area contributed by atoms with Crippen LogP contribution in [0.5, 0.6) is 11.5 Å². The molecule has 1 fully saturated rings. The number of ether oxygens (including phenoxy) is 2. The zero-order chi connectivity index (χ0) is 22.8. The van der Waals surface area contributed by atoms with Crippen LogP contribution in [0.1, 0.15) is 11.1 Å². The van der Waals surface area contributed by atoms with Crippen molar-refractivity contribution in [1.29, 1.82) is 0 Å². The second-order valence-corrected chi connectivity index (χ2v) is 8.25. The number of rotatable bonds is 5. The maximum absolute atomic E-state index is 13.5. The normalized spacial score (nSPS) is 14.6. The number of fused-ring (bicyclic) bond motifs is 1. The van der Waals surface area contributed by atoms with Gasteiger partial charge in [0.1, 0.15) is 11.3 Å². The molecule has 2 heterocycles. The van der Waals surface area contributed by atoms with Gasteiger partial charge in [0.2, 0.25) is 11.2 Å². The first-order valence-electron chi connectivity index (χ1n) is 10.7. The van der Waals surface area contributed by atoms with Crippen LogP contribution < -0.4 is 14.9 Å². The van der Waals surface area contributed by atoms with Gasteiger partial charge in [-0.3, -0.25) is 9.59 Å². The van der Waals surface area contributed by atoms with Crippen LogP contribution in [0.4, 0.5) is 0 Å². The third-order valence-corrected chi connectivity index (χ3v) is 5.84. The molecule has 0 spiro atoms. The van der Waals surface area contributed by atoms with Gasteiger partial charge in [0.25, 0.3) is 5.91 Å². The zero-order valence-corrected chi connectivity index (χ0v) is 18.9. The fourth-order valence-electron chi connectivity index (χ4n) is 4.02. The van der Waals surface area contributed by atoms with Crippen molar-refractivity contribution in [3.8, 4) is 22.8 Å². The van der Waals surface area contributed by atoms with Gasteiger partial charge in [-0.25, -0.2) is 0 Å². The molecule has 1 amide bonds. The SMILES string of the molecule is COc1ccc(-c2oc3cc(C)cc(C)c3c(=O)c2OCC(=O)N2CCN(C)CC2)cc1. The van der Waals surface area contributed by atoms with Gasteiger partial charge in [-0.2, -0.15) is 0 Å². The van der Waals surface area contributed by atoms with Gasteiger partial charge in [-0.1, -0.05) is 6.07 Å². The molecule has 2 aromatic carbocycles. The van der Waals surface area contributed by atoms with E-state index in [0.717, 1.165) is 24.2 Å². The third kappa shape index (κ3) is 4.34. The number of hydrogen-bond acceptors (Lipinski definition) is 6. The Labute approximate surface area is 187 Å². The molecule has 4 rings (SSSR count). The minimum Gasteiger partial charge on any atom is -0.497 e. The average molecular weight is 437 g/mol. The maximum Gasteiger partial charge on any atom is 0.260 e. The molecule has 0 atom stereocenters. The van der Waals surface area contributed by atoms with Gasteiger partial charge in [-0.05, 0) is 62.4 Å². The van der Waals surface area contributed by atoms with Gasteiger partial charge in [0.15, 0.2) is 12.4 Å². The number of hydrogen-bond donors (Lipinski definition) is 0. The maximum atomic E-state index is 13.5. The lowest BCUT2D eigenvalue weighted by Crippen LogP contribution is -2.48. The molecule has 0 radical (unpaired) electrons. The Hall–Kier alpha value is -3.32. The number of amides is 1. The second-order valence-electron chi connectivity index (χ2n) is 8.25. The Morgan fingerprint density at radius 2 is 1.75 bits per heavy atom. The molecule has 168 valence electrons. The smallest absolute Gasteiger partial charge is 0.260 e. The van der Waals surface area contributed by atoms with E-state index in [4.69, 9.17) is 13.9 Å². The van der Waals surface area contributed by atoms with E-state index in [-0.39, 0.29) is 23.7 Å². The van der Waals surface area contributed by atoms with E-state index in [2.05, 4.69) is 4.90 Å². The summed E-state index contributed by atoms with van der Waals surface area (Å²) in [6.07, 6.45) is 0. The van der Waals surface area contributed by atoms with Crippen molar-refractivity contribution in [2.75, 3.05) is 46.9 Å². The van der Waals surface area contributed by atoms with Crippen molar-refractivity contribution in [1.82, 2.24) is 9.80 Å². The van der Waals surface area contributed by atoms with Crippen LogP contribution in [0.3, 0.4) is 0 Å². The highest BCUT2D eigenvalue weighted by Gasteiger charge is 2.23. The molecule has 0 N–H and O–H groups in total. The van der Waals surface area contributed by atoms with E-state index in [9.17, 15) is 9.59 Å². The van der Waals surface area contributed by atoms with Crippen LogP contribution >= 0.6 is 0 Å². The molecule has 1 saturated heterocycles. The topological polar surface area (TPSA) is 72.2 Å². The molecular formula is C25H28N2O5. The summed E-state index contributed by atoms with van der Waals surface area (Å²) >= 11 is 0. The number of nitrogens with zero attached hydrogens (tertiary/aromatic N) is 2. The number of piperazine rings is 1.